The number of hydrogen-bond acceptors (Lipinski definition) is 3. The van der Waals surface area contributed by atoms with Gasteiger partial charge < -0.3 is 5.32 Å². The van der Waals surface area contributed by atoms with Gasteiger partial charge in [0.1, 0.15) is 0 Å². The molecule has 1 unspecified atom stereocenters. The van der Waals surface area contributed by atoms with Gasteiger partial charge in [0.25, 0.3) is 0 Å². The van der Waals surface area contributed by atoms with Crippen LogP contribution in [0, 0.1) is 0 Å². The van der Waals surface area contributed by atoms with E-state index >= 15 is 0 Å². The maximum absolute atomic E-state index is 12.4. The molecule has 0 amide bonds. The number of aryl methyl sites for hydroxylation is 1. The van der Waals surface area contributed by atoms with Crippen LogP contribution < -0.4 is 5.32 Å². The summed E-state index contributed by atoms with van der Waals surface area (Å²) in [5.41, 5.74) is 3.24. The van der Waals surface area contributed by atoms with E-state index in [1.165, 1.54) is 0 Å². The maximum atomic E-state index is 12.4. The second kappa shape index (κ2) is 7.93. The molecule has 2 aromatic carbocycles. The van der Waals surface area contributed by atoms with Crippen molar-refractivity contribution < 1.29 is 4.21 Å². The summed E-state index contributed by atoms with van der Waals surface area (Å²) in [5.74, 6) is 0.521. The third-order valence-corrected chi connectivity index (χ3v) is 5.13. The molecular formula is C19H21N3OS. The van der Waals surface area contributed by atoms with Crippen molar-refractivity contribution in [2.45, 2.75) is 30.7 Å². The Bertz CT molecular complexity index is 814. The first kappa shape index (κ1) is 16.5. The number of hydrogen-bond donors (Lipinski definition) is 1. The van der Waals surface area contributed by atoms with Crippen molar-refractivity contribution in [1.82, 2.24) is 9.78 Å². The minimum Gasteiger partial charge on any atom is -0.381 e. The third-order valence-electron chi connectivity index (χ3n) is 3.74. The summed E-state index contributed by atoms with van der Waals surface area (Å²) >= 11 is 0. The van der Waals surface area contributed by atoms with Crippen LogP contribution in [-0.2, 0) is 29.6 Å². The molecule has 0 aliphatic heterocycles. The molecule has 0 saturated heterocycles. The fraction of sp³-hybridized carbons (Fsp3) is 0.211. The number of nitrogens with zero attached hydrogens (tertiary/aromatic N) is 2. The van der Waals surface area contributed by atoms with Crippen LogP contribution in [0.25, 0.3) is 0 Å². The van der Waals surface area contributed by atoms with E-state index in [0.29, 0.717) is 5.75 Å². The average molecular weight is 339 g/mol. The number of rotatable bonds is 7. The van der Waals surface area contributed by atoms with Gasteiger partial charge in [-0.25, -0.2) is 0 Å². The van der Waals surface area contributed by atoms with Gasteiger partial charge in [0.05, 0.1) is 22.7 Å². The van der Waals surface area contributed by atoms with E-state index in [1.54, 1.807) is 0 Å². The van der Waals surface area contributed by atoms with E-state index in [0.717, 1.165) is 34.8 Å². The molecule has 124 valence electrons. The smallest absolute Gasteiger partial charge is 0.0574 e. The zero-order chi connectivity index (χ0) is 16.8. The van der Waals surface area contributed by atoms with Crippen LogP contribution in [0.15, 0.2) is 71.9 Å². The van der Waals surface area contributed by atoms with Gasteiger partial charge in [-0.2, -0.15) is 5.10 Å². The highest BCUT2D eigenvalue weighted by atomic mass is 32.2. The summed E-state index contributed by atoms with van der Waals surface area (Å²) in [6.07, 6.45) is 3.92. The predicted octanol–water partition coefficient (Wildman–Crippen LogP) is 3.82. The Labute approximate surface area is 145 Å². The van der Waals surface area contributed by atoms with Crippen LogP contribution in [0.3, 0.4) is 0 Å². The van der Waals surface area contributed by atoms with Crippen LogP contribution in [-0.4, -0.2) is 14.0 Å². The van der Waals surface area contributed by atoms with Crippen LogP contribution in [0.5, 0.6) is 0 Å². The molecule has 0 spiro atoms. The topological polar surface area (TPSA) is 46.9 Å². The van der Waals surface area contributed by atoms with E-state index < -0.39 is 10.8 Å². The van der Waals surface area contributed by atoms with Crippen LogP contribution in [0.2, 0.25) is 0 Å². The minimum absolute atomic E-state index is 0.521. The summed E-state index contributed by atoms with van der Waals surface area (Å²) in [6, 6.07) is 17.7. The van der Waals surface area contributed by atoms with E-state index in [-0.39, 0.29) is 0 Å². The first-order valence-electron chi connectivity index (χ1n) is 8.02. The lowest BCUT2D eigenvalue weighted by atomic mass is 10.2. The largest absolute Gasteiger partial charge is 0.381 e. The lowest BCUT2D eigenvalue weighted by Gasteiger charge is -2.08. The Kier molecular flexibility index (Phi) is 5.43. The van der Waals surface area contributed by atoms with E-state index in [9.17, 15) is 4.21 Å². The number of anilines is 1. The Hall–Kier alpha value is -2.40. The van der Waals surface area contributed by atoms with Crippen molar-refractivity contribution in [3.8, 4) is 0 Å². The highest BCUT2D eigenvalue weighted by Gasteiger charge is 2.05. The van der Waals surface area contributed by atoms with E-state index in [1.807, 2.05) is 65.6 Å². The van der Waals surface area contributed by atoms with E-state index in [4.69, 9.17) is 0 Å². The lowest BCUT2D eigenvalue weighted by molar-refractivity contribution is 0.659. The van der Waals surface area contributed by atoms with Crippen molar-refractivity contribution in [3.05, 3.63) is 78.1 Å². The Balaban J connectivity index is 1.62. The van der Waals surface area contributed by atoms with Crippen molar-refractivity contribution in [2.75, 3.05) is 5.32 Å². The first-order valence-corrected chi connectivity index (χ1v) is 9.34. The molecule has 0 aliphatic carbocycles. The van der Waals surface area contributed by atoms with Gasteiger partial charge in [-0.1, -0.05) is 30.3 Å². The van der Waals surface area contributed by atoms with Crippen LogP contribution in [0.4, 0.5) is 5.69 Å². The number of aromatic nitrogens is 2. The molecule has 1 heterocycles. The third kappa shape index (κ3) is 4.32. The van der Waals surface area contributed by atoms with Crippen molar-refractivity contribution >= 4 is 16.5 Å². The zero-order valence-electron chi connectivity index (χ0n) is 13.7. The van der Waals surface area contributed by atoms with Gasteiger partial charge in [-0.15, -0.1) is 0 Å². The Morgan fingerprint density at radius 2 is 1.92 bits per heavy atom. The Morgan fingerprint density at radius 1 is 1.08 bits per heavy atom. The predicted molar refractivity (Wildman–Crippen MR) is 98.2 cm³/mol. The zero-order valence-corrected chi connectivity index (χ0v) is 14.5. The maximum Gasteiger partial charge on any atom is 0.0574 e. The molecule has 0 radical (unpaired) electrons. The molecule has 0 saturated carbocycles. The molecule has 24 heavy (non-hydrogen) atoms. The van der Waals surface area contributed by atoms with Crippen LogP contribution >= 0.6 is 0 Å². The summed E-state index contributed by atoms with van der Waals surface area (Å²) in [4.78, 5) is 0.864. The Morgan fingerprint density at radius 3 is 2.67 bits per heavy atom. The standard InChI is InChI=1S/C19H21N3OS/c1-2-22-14-17(13-21-22)12-20-18-8-6-7-16(11-18)15-24(23)19-9-4-3-5-10-19/h3-11,13-14,20H,2,12,15H2,1H3. The molecule has 5 heteroatoms. The second-order valence-electron chi connectivity index (χ2n) is 5.56. The minimum atomic E-state index is -1.02. The fourth-order valence-electron chi connectivity index (χ4n) is 2.45. The molecule has 3 rings (SSSR count). The average Bonchev–Trinajstić information content (AvgIpc) is 3.09. The van der Waals surface area contributed by atoms with E-state index in [2.05, 4.69) is 23.4 Å². The van der Waals surface area contributed by atoms with Gasteiger partial charge in [0.2, 0.25) is 0 Å². The summed E-state index contributed by atoms with van der Waals surface area (Å²) < 4.78 is 14.3. The molecule has 0 aliphatic rings. The van der Waals surface area contributed by atoms with Crippen molar-refractivity contribution in [1.29, 1.82) is 0 Å². The monoisotopic (exact) mass is 339 g/mol. The van der Waals surface area contributed by atoms with Gasteiger partial charge in [-0.3, -0.25) is 8.89 Å². The summed E-state index contributed by atoms with van der Waals surface area (Å²) in [5, 5.41) is 7.67. The molecule has 1 atom stereocenters. The molecular weight excluding hydrogens is 318 g/mol. The molecule has 4 nitrogen and oxygen atoms in total. The number of benzene rings is 2. The van der Waals surface area contributed by atoms with Gasteiger partial charge in [0, 0.05) is 35.4 Å². The summed E-state index contributed by atoms with van der Waals surface area (Å²) in [6.45, 7) is 3.67. The highest BCUT2D eigenvalue weighted by molar-refractivity contribution is 7.84. The van der Waals surface area contributed by atoms with Crippen molar-refractivity contribution in [2.24, 2.45) is 0 Å². The molecule has 1 N–H and O–H groups in total. The normalized spacial score (nSPS) is 12.0. The van der Waals surface area contributed by atoms with Crippen LogP contribution in [0.1, 0.15) is 18.1 Å². The highest BCUT2D eigenvalue weighted by Crippen LogP contribution is 2.16. The van der Waals surface area contributed by atoms with Gasteiger partial charge in [-0.05, 0) is 36.8 Å². The molecule has 1 aromatic heterocycles. The lowest BCUT2D eigenvalue weighted by Crippen LogP contribution is -2.01. The first-order chi connectivity index (χ1) is 11.7. The quantitative estimate of drug-likeness (QED) is 0.712. The molecule has 3 aromatic rings. The molecule has 0 fully saturated rings. The van der Waals surface area contributed by atoms with Gasteiger partial charge in [0.15, 0.2) is 0 Å². The van der Waals surface area contributed by atoms with Crippen molar-refractivity contribution in [3.63, 3.8) is 0 Å². The summed E-state index contributed by atoms with van der Waals surface area (Å²) in [7, 11) is -1.02. The molecule has 0 bridgehead atoms. The fourth-order valence-corrected chi connectivity index (χ4v) is 3.56. The number of nitrogens with one attached hydrogen (secondary N) is 1. The second-order valence-corrected chi connectivity index (χ2v) is 7.01. The van der Waals surface area contributed by atoms with Gasteiger partial charge >= 0.3 is 0 Å². The SMILES string of the molecule is CCn1cc(CNc2cccc(CS(=O)c3ccccc3)c2)cn1.